The summed E-state index contributed by atoms with van der Waals surface area (Å²) in [6, 6.07) is 15.2. The summed E-state index contributed by atoms with van der Waals surface area (Å²) in [6.07, 6.45) is 24.1. The third-order valence-electron chi connectivity index (χ3n) is 6.46. The van der Waals surface area contributed by atoms with Gasteiger partial charge >= 0.3 is 0 Å². The Bertz CT molecular complexity index is 693. The van der Waals surface area contributed by atoms with Crippen molar-refractivity contribution < 1.29 is 4.57 Å². The maximum absolute atomic E-state index is 3.81. The topological polar surface area (TPSA) is 7.12 Å². The third kappa shape index (κ3) is 12.8. The van der Waals surface area contributed by atoms with Crippen LogP contribution in [0.1, 0.15) is 88.2 Å². The summed E-state index contributed by atoms with van der Waals surface area (Å²) in [5.74, 6) is 0. The van der Waals surface area contributed by atoms with Crippen molar-refractivity contribution in [1.29, 1.82) is 0 Å². The number of aromatic nitrogens is 1. The maximum atomic E-state index is 3.81. The van der Waals surface area contributed by atoms with Crippen molar-refractivity contribution in [2.24, 2.45) is 0 Å². The van der Waals surface area contributed by atoms with Crippen molar-refractivity contribution in [3.05, 3.63) is 72.6 Å². The lowest BCUT2D eigenvalue weighted by Crippen LogP contribution is -2.34. The number of benzene rings is 1. The van der Waals surface area contributed by atoms with E-state index in [1.807, 2.05) is 6.08 Å². The van der Waals surface area contributed by atoms with E-state index in [4.69, 9.17) is 0 Å². The van der Waals surface area contributed by atoms with Gasteiger partial charge in [-0.2, -0.15) is 0 Å². The summed E-state index contributed by atoms with van der Waals surface area (Å²) in [5, 5.41) is 0. The van der Waals surface area contributed by atoms with Gasteiger partial charge in [0.15, 0.2) is 12.4 Å². The molecule has 0 bridgehead atoms. The molecule has 2 nitrogen and oxygen atoms in total. The number of unbranched alkanes of at least 4 members (excludes halogenated alkanes) is 10. The van der Waals surface area contributed by atoms with Gasteiger partial charge in [0.2, 0.25) is 0 Å². The van der Waals surface area contributed by atoms with Gasteiger partial charge in [-0.15, -0.1) is 0 Å². The lowest BCUT2D eigenvalue weighted by Gasteiger charge is -2.15. The Morgan fingerprint density at radius 1 is 0.688 bits per heavy atom. The van der Waals surface area contributed by atoms with Crippen molar-refractivity contribution in [1.82, 2.24) is 4.90 Å². The zero-order chi connectivity index (χ0) is 22.7. The molecular weight excluding hydrogens is 388 g/mol. The molecule has 32 heavy (non-hydrogen) atoms. The predicted molar refractivity (Wildman–Crippen MR) is 140 cm³/mol. The van der Waals surface area contributed by atoms with Crippen molar-refractivity contribution in [2.75, 3.05) is 20.1 Å². The molecule has 0 unspecified atom stereocenters. The first-order valence-corrected chi connectivity index (χ1v) is 13.1. The fourth-order valence-electron chi connectivity index (χ4n) is 4.34. The van der Waals surface area contributed by atoms with Crippen LogP contribution in [0.5, 0.6) is 0 Å². The van der Waals surface area contributed by atoms with E-state index in [0.29, 0.717) is 0 Å². The van der Waals surface area contributed by atoms with Crippen LogP contribution in [0.25, 0.3) is 6.08 Å². The first kappa shape index (κ1) is 26.3. The molecule has 0 saturated heterocycles. The van der Waals surface area contributed by atoms with E-state index >= 15 is 0 Å². The number of hydrogen-bond donors (Lipinski definition) is 0. The molecule has 0 fully saturated rings. The normalized spacial score (nSPS) is 11.2. The molecule has 0 N–H and O–H groups in total. The van der Waals surface area contributed by atoms with Gasteiger partial charge < -0.3 is 4.90 Å². The molecule has 1 heterocycles. The fourth-order valence-corrected chi connectivity index (χ4v) is 4.34. The van der Waals surface area contributed by atoms with Crippen LogP contribution < -0.4 is 4.57 Å². The minimum Gasteiger partial charge on any atom is -0.306 e. The molecule has 176 valence electrons. The summed E-state index contributed by atoms with van der Waals surface area (Å²) in [6.45, 7) is 7.32. The van der Waals surface area contributed by atoms with Crippen LogP contribution in [0.4, 0.5) is 0 Å². The number of pyridine rings is 1. The smallest absolute Gasteiger partial charge is 0.169 e. The van der Waals surface area contributed by atoms with Gasteiger partial charge in [-0.25, -0.2) is 4.57 Å². The van der Waals surface area contributed by atoms with Gasteiger partial charge in [-0.3, -0.25) is 0 Å². The molecule has 0 atom stereocenters. The Hall–Kier alpha value is -1.93. The Morgan fingerprint density at radius 3 is 1.81 bits per heavy atom. The Kier molecular flexibility index (Phi) is 14.5. The van der Waals surface area contributed by atoms with Crippen LogP contribution in [0.15, 0.2) is 61.4 Å². The van der Waals surface area contributed by atoms with Crippen molar-refractivity contribution in [3.8, 4) is 0 Å². The lowest BCUT2D eigenvalue weighted by molar-refractivity contribution is -0.697. The molecule has 0 aliphatic carbocycles. The summed E-state index contributed by atoms with van der Waals surface area (Å²) < 4.78 is 2.27. The average Bonchev–Trinajstić information content (AvgIpc) is 2.83. The number of rotatable bonds is 19. The second kappa shape index (κ2) is 17.6. The molecule has 2 aromatic rings. The molecule has 0 amide bonds. The fraction of sp³-hybridized carbons (Fsp3) is 0.567. The van der Waals surface area contributed by atoms with Crippen molar-refractivity contribution in [3.63, 3.8) is 0 Å². The van der Waals surface area contributed by atoms with Gasteiger partial charge in [-0.1, -0.05) is 101 Å². The average molecular weight is 436 g/mol. The predicted octanol–water partition coefficient (Wildman–Crippen LogP) is 7.47. The molecular formula is C30H47N2+. The van der Waals surface area contributed by atoms with Crippen LogP contribution in [-0.4, -0.2) is 25.0 Å². The van der Waals surface area contributed by atoms with E-state index in [0.717, 1.165) is 6.54 Å². The zero-order valence-corrected chi connectivity index (χ0v) is 20.7. The number of aryl methyl sites for hydroxylation is 2. The summed E-state index contributed by atoms with van der Waals surface area (Å²) in [7, 11) is 2.27. The highest BCUT2D eigenvalue weighted by atomic mass is 15.1. The summed E-state index contributed by atoms with van der Waals surface area (Å²) in [4.78, 5) is 2.50. The van der Waals surface area contributed by atoms with E-state index in [-0.39, 0.29) is 0 Å². The number of nitrogens with zero attached hydrogens (tertiary/aromatic N) is 2. The van der Waals surface area contributed by atoms with Gasteiger partial charge in [0.1, 0.15) is 6.54 Å². The third-order valence-corrected chi connectivity index (χ3v) is 6.46. The second-order valence-corrected chi connectivity index (χ2v) is 9.35. The molecule has 1 aromatic heterocycles. The van der Waals surface area contributed by atoms with E-state index < -0.39 is 0 Å². The minimum absolute atomic E-state index is 1.09. The number of hydrogen-bond acceptors (Lipinski definition) is 1. The van der Waals surface area contributed by atoms with E-state index in [9.17, 15) is 0 Å². The molecule has 0 aliphatic rings. The highest BCUT2D eigenvalue weighted by Gasteiger charge is 2.03. The lowest BCUT2D eigenvalue weighted by atomic mass is 10.0. The second-order valence-electron chi connectivity index (χ2n) is 9.35. The van der Waals surface area contributed by atoms with Crippen LogP contribution in [0.3, 0.4) is 0 Å². The maximum Gasteiger partial charge on any atom is 0.169 e. The van der Waals surface area contributed by atoms with Gasteiger partial charge in [0, 0.05) is 25.1 Å². The van der Waals surface area contributed by atoms with Crippen molar-refractivity contribution in [2.45, 2.75) is 90.0 Å². The van der Waals surface area contributed by atoms with Gasteiger partial charge in [-0.05, 0) is 44.0 Å². The first-order chi connectivity index (χ1) is 15.8. The highest BCUT2D eigenvalue weighted by molar-refractivity contribution is 5.44. The summed E-state index contributed by atoms with van der Waals surface area (Å²) >= 11 is 0. The quantitative estimate of drug-likeness (QED) is 0.164. The SMILES string of the molecule is C=Cc1cc[n+](CCCN(C)CCCCCCCCCCCCCc2ccccc2)cc1. The van der Waals surface area contributed by atoms with Crippen LogP contribution in [0.2, 0.25) is 0 Å². The van der Waals surface area contributed by atoms with E-state index in [1.165, 1.54) is 108 Å². The van der Waals surface area contributed by atoms with Gasteiger partial charge in [0.25, 0.3) is 0 Å². The van der Waals surface area contributed by atoms with Gasteiger partial charge in [0.05, 0.1) is 0 Å². The van der Waals surface area contributed by atoms with Crippen LogP contribution in [0, 0.1) is 0 Å². The zero-order valence-electron chi connectivity index (χ0n) is 20.7. The molecule has 2 rings (SSSR count). The molecule has 2 heteroatoms. The molecule has 0 aliphatic heterocycles. The first-order valence-electron chi connectivity index (χ1n) is 13.1. The Morgan fingerprint density at radius 2 is 1.22 bits per heavy atom. The molecule has 0 saturated carbocycles. The molecule has 0 spiro atoms. The van der Waals surface area contributed by atoms with Crippen LogP contribution in [-0.2, 0) is 13.0 Å². The minimum atomic E-state index is 1.09. The van der Waals surface area contributed by atoms with E-state index in [1.54, 1.807) is 0 Å². The Labute approximate surface area is 198 Å². The summed E-state index contributed by atoms with van der Waals surface area (Å²) in [5.41, 5.74) is 2.68. The van der Waals surface area contributed by atoms with Crippen molar-refractivity contribution >= 4 is 6.08 Å². The standard InChI is InChI=1S/C30H47N2/c1-3-29-22-27-32(28-23-29)26-18-25-31(2)24-17-12-10-8-6-4-5-7-9-11-14-19-30-20-15-13-16-21-30/h3,13,15-16,20-23,27-28H,1,4-12,14,17-19,24-26H2,2H3/q+1. The highest BCUT2D eigenvalue weighted by Crippen LogP contribution is 2.13. The van der Waals surface area contributed by atoms with Crippen LogP contribution >= 0.6 is 0 Å². The molecule has 1 aromatic carbocycles. The van der Waals surface area contributed by atoms with E-state index in [2.05, 4.69) is 78.0 Å². The largest absolute Gasteiger partial charge is 0.306 e. The molecule has 0 radical (unpaired) electrons. The monoisotopic (exact) mass is 435 g/mol. The Balaban J connectivity index is 1.31.